The highest BCUT2D eigenvalue weighted by Crippen LogP contribution is 2.14. The van der Waals surface area contributed by atoms with E-state index in [0.717, 1.165) is 38.1 Å². The van der Waals surface area contributed by atoms with E-state index in [0.29, 0.717) is 12.1 Å². The summed E-state index contributed by atoms with van der Waals surface area (Å²) < 4.78 is 26.1. The molecule has 118 valence electrons. The Morgan fingerprint density at radius 3 is 2.71 bits per heavy atom. The van der Waals surface area contributed by atoms with Crippen molar-refractivity contribution in [3.05, 3.63) is 35.4 Å². The summed E-state index contributed by atoms with van der Waals surface area (Å²) in [5.74, 6) is -1.81. The molecule has 1 N–H and O–H groups in total. The lowest BCUT2D eigenvalue weighted by atomic mass is 10.1. The Labute approximate surface area is 130 Å². The number of carbonyl (C=O) groups is 1. The summed E-state index contributed by atoms with van der Waals surface area (Å²) >= 11 is 0. The fourth-order valence-electron chi connectivity index (χ4n) is 2.58. The third kappa shape index (κ3) is 4.64. The van der Waals surface area contributed by atoms with Gasteiger partial charge in [-0.3, -0.25) is 4.79 Å². The molecule has 1 heterocycles. The predicted molar refractivity (Wildman–Crippen MR) is 80.6 cm³/mol. The van der Waals surface area contributed by atoms with Gasteiger partial charge in [0.05, 0.1) is 6.42 Å². The maximum Gasteiger partial charge on any atom is 0.227 e. The second kappa shape index (κ2) is 8.29. The van der Waals surface area contributed by atoms with Crippen LogP contribution in [0.1, 0.15) is 25.3 Å². The van der Waals surface area contributed by atoms with E-state index >= 15 is 0 Å². The van der Waals surface area contributed by atoms with E-state index in [4.69, 9.17) is 0 Å². The molecule has 1 aromatic carbocycles. The predicted octanol–water partition coefficient (Wildman–Crippen LogP) is 2.53. The van der Waals surface area contributed by atoms with Gasteiger partial charge >= 0.3 is 0 Å². The zero-order chi connectivity index (χ0) is 14.5. The number of halogens is 3. The Balaban J connectivity index is 0.00000220. The van der Waals surface area contributed by atoms with Crippen molar-refractivity contribution in [3.8, 4) is 0 Å². The molecular weight excluding hydrogens is 298 g/mol. The SMILES string of the molecule is CCCN(C(=O)Cc1ccc(F)c(F)c1)C1CCNC1.Cl. The first-order valence-corrected chi connectivity index (χ1v) is 7.06. The summed E-state index contributed by atoms with van der Waals surface area (Å²) in [6, 6.07) is 3.85. The maximum absolute atomic E-state index is 13.2. The molecule has 6 heteroatoms. The minimum atomic E-state index is -0.903. The average molecular weight is 319 g/mol. The van der Waals surface area contributed by atoms with Crippen molar-refractivity contribution in [3.63, 3.8) is 0 Å². The van der Waals surface area contributed by atoms with Gasteiger partial charge in [-0.15, -0.1) is 12.4 Å². The molecule has 1 aliphatic heterocycles. The molecule has 0 aromatic heterocycles. The van der Waals surface area contributed by atoms with Crippen molar-refractivity contribution in [2.75, 3.05) is 19.6 Å². The molecule has 1 atom stereocenters. The van der Waals surface area contributed by atoms with Gasteiger partial charge in [0.15, 0.2) is 11.6 Å². The Morgan fingerprint density at radius 1 is 1.38 bits per heavy atom. The fourth-order valence-corrected chi connectivity index (χ4v) is 2.58. The topological polar surface area (TPSA) is 32.3 Å². The van der Waals surface area contributed by atoms with Gasteiger partial charge in [-0.2, -0.15) is 0 Å². The molecule has 1 fully saturated rings. The summed E-state index contributed by atoms with van der Waals surface area (Å²) in [6.45, 7) is 4.46. The quantitative estimate of drug-likeness (QED) is 0.905. The highest BCUT2D eigenvalue weighted by Gasteiger charge is 2.25. The van der Waals surface area contributed by atoms with E-state index in [-0.39, 0.29) is 30.8 Å². The maximum atomic E-state index is 13.2. The van der Waals surface area contributed by atoms with Gasteiger partial charge in [-0.1, -0.05) is 13.0 Å². The van der Waals surface area contributed by atoms with Crippen molar-refractivity contribution in [2.24, 2.45) is 0 Å². The monoisotopic (exact) mass is 318 g/mol. The van der Waals surface area contributed by atoms with Gasteiger partial charge in [0.25, 0.3) is 0 Å². The summed E-state index contributed by atoms with van der Waals surface area (Å²) in [4.78, 5) is 14.2. The second-order valence-corrected chi connectivity index (χ2v) is 5.16. The average Bonchev–Trinajstić information content (AvgIpc) is 2.94. The van der Waals surface area contributed by atoms with Gasteiger partial charge in [0.1, 0.15) is 0 Å². The molecule has 1 amide bonds. The summed E-state index contributed by atoms with van der Waals surface area (Å²) in [6.07, 6.45) is 1.96. The smallest absolute Gasteiger partial charge is 0.227 e. The molecule has 0 spiro atoms. The zero-order valence-electron chi connectivity index (χ0n) is 12.1. The molecule has 1 unspecified atom stereocenters. The number of amides is 1. The molecule has 2 rings (SSSR count). The lowest BCUT2D eigenvalue weighted by molar-refractivity contribution is -0.132. The van der Waals surface area contributed by atoms with E-state index in [1.807, 2.05) is 11.8 Å². The van der Waals surface area contributed by atoms with Crippen molar-refractivity contribution in [1.82, 2.24) is 10.2 Å². The molecule has 1 aromatic rings. The minimum absolute atomic E-state index is 0. The Hall–Kier alpha value is -1.20. The first-order valence-electron chi connectivity index (χ1n) is 7.06. The molecule has 0 bridgehead atoms. The number of carbonyl (C=O) groups excluding carboxylic acids is 1. The van der Waals surface area contributed by atoms with Crippen molar-refractivity contribution in [2.45, 2.75) is 32.2 Å². The van der Waals surface area contributed by atoms with Gasteiger partial charge in [-0.05, 0) is 37.1 Å². The molecule has 1 aliphatic rings. The fraction of sp³-hybridized carbons (Fsp3) is 0.533. The van der Waals surface area contributed by atoms with Gasteiger partial charge in [0, 0.05) is 19.1 Å². The Morgan fingerprint density at radius 2 is 2.14 bits per heavy atom. The molecular formula is C15H21ClF2N2O. The molecule has 0 saturated carbocycles. The highest BCUT2D eigenvalue weighted by molar-refractivity contribution is 5.85. The first-order chi connectivity index (χ1) is 9.61. The normalized spacial score (nSPS) is 17.4. The lowest BCUT2D eigenvalue weighted by Crippen LogP contribution is -2.42. The zero-order valence-corrected chi connectivity index (χ0v) is 12.9. The van der Waals surface area contributed by atoms with Gasteiger partial charge in [0.2, 0.25) is 5.91 Å². The van der Waals surface area contributed by atoms with Gasteiger partial charge < -0.3 is 10.2 Å². The van der Waals surface area contributed by atoms with Crippen LogP contribution in [0, 0.1) is 11.6 Å². The summed E-state index contributed by atoms with van der Waals surface area (Å²) in [7, 11) is 0. The van der Waals surface area contributed by atoms with Crippen LogP contribution in [0.3, 0.4) is 0 Å². The van der Waals surface area contributed by atoms with Crippen molar-refractivity contribution < 1.29 is 13.6 Å². The number of nitrogens with zero attached hydrogens (tertiary/aromatic N) is 1. The molecule has 1 saturated heterocycles. The number of nitrogens with one attached hydrogen (secondary N) is 1. The Kier molecular flexibility index (Phi) is 7.05. The van der Waals surface area contributed by atoms with E-state index in [1.54, 1.807) is 0 Å². The van der Waals surface area contributed by atoms with Crippen molar-refractivity contribution in [1.29, 1.82) is 0 Å². The number of rotatable bonds is 5. The molecule has 3 nitrogen and oxygen atoms in total. The Bertz CT molecular complexity index is 479. The number of hydrogen-bond acceptors (Lipinski definition) is 2. The van der Waals surface area contributed by atoms with Crippen LogP contribution in [0.15, 0.2) is 18.2 Å². The van der Waals surface area contributed by atoms with Crippen LogP contribution in [-0.2, 0) is 11.2 Å². The van der Waals surface area contributed by atoms with E-state index < -0.39 is 11.6 Å². The van der Waals surface area contributed by atoms with Gasteiger partial charge in [-0.25, -0.2) is 8.78 Å². The standard InChI is InChI=1S/C15H20F2N2O.ClH/c1-2-7-19(12-5-6-18-10-12)15(20)9-11-3-4-13(16)14(17)8-11;/h3-4,8,12,18H,2,5-7,9-10H2,1H3;1H. The van der Waals surface area contributed by atoms with Crippen LogP contribution in [0.5, 0.6) is 0 Å². The minimum Gasteiger partial charge on any atom is -0.338 e. The second-order valence-electron chi connectivity index (χ2n) is 5.16. The summed E-state index contributed by atoms with van der Waals surface area (Å²) in [5.41, 5.74) is 0.515. The molecule has 21 heavy (non-hydrogen) atoms. The van der Waals surface area contributed by atoms with Crippen LogP contribution in [0.4, 0.5) is 8.78 Å². The first kappa shape index (κ1) is 17.9. The van der Waals surface area contributed by atoms with Crippen LogP contribution in [0.2, 0.25) is 0 Å². The number of hydrogen-bond donors (Lipinski definition) is 1. The third-order valence-corrected chi connectivity index (χ3v) is 3.60. The third-order valence-electron chi connectivity index (χ3n) is 3.60. The van der Waals surface area contributed by atoms with Crippen molar-refractivity contribution >= 4 is 18.3 Å². The molecule has 0 aliphatic carbocycles. The van der Waals surface area contributed by atoms with Crippen LogP contribution < -0.4 is 5.32 Å². The van der Waals surface area contributed by atoms with Crippen LogP contribution >= 0.6 is 12.4 Å². The van der Waals surface area contributed by atoms with E-state index in [1.165, 1.54) is 6.07 Å². The van der Waals surface area contributed by atoms with E-state index in [9.17, 15) is 13.6 Å². The lowest BCUT2D eigenvalue weighted by Gasteiger charge is -2.28. The van der Waals surface area contributed by atoms with Crippen LogP contribution in [-0.4, -0.2) is 36.5 Å². The largest absolute Gasteiger partial charge is 0.338 e. The molecule has 0 radical (unpaired) electrons. The number of benzene rings is 1. The highest BCUT2D eigenvalue weighted by atomic mass is 35.5. The van der Waals surface area contributed by atoms with Crippen LogP contribution in [0.25, 0.3) is 0 Å². The summed E-state index contributed by atoms with van der Waals surface area (Å²) in [5, 5.41) is 3.24. The van der Waals surface area contributed by atoms with E-state index in [2.05, 4.69) is 5.32 Å².